The maximum absolute atomic E-state index is 12.3. The number of nitrogens with zero attached hydrogens (tertiary/aromatic N) is 2. The third-order valence-electron chi connectivity index (χ3n) is 3.13. The Morgan fingerprint density at radius 1 is 1.50 bits per heavy atom. The average Bonchev–Trinajstić information content (AvgIpc) is 3.00. The van der Waals surface area contributed by atoms with Crippen molar-refractivity contribution in [1.82, 2.24) is 9.55 Å². The van der Waals surface area contributed by atoms with E-state index in [0.29, 0.717) is 28.2 Å². The minimum absolute atomic E-state index is 0.118. The fourth-order valence-corrected chi connectivity index (χ4v) is 2.74. The van der Waals surface area contributed by atoms with Crippen LogP contribution in [0.15, 0.2) is 17.6 Å². The van der Waals surface area contributed by atoms with Crippen LogP contribution in [0.1, 0.15) is 46.8 Å². The van der Waals surface area contributed by atoms with Crippen molar-refractivity contribution in [3.63, 3.8) is 0 Å². The molecule has 1 aliphatic rings. The molecule has 2 aromatic heterocycles. The van der Waals surface area contributed by atoms with Crippen LogP contribution >= 0.6 is 11.3 Å². The van der Waals surface area contributed by atoms with Crippen LogP contribution in [-0.4, -0.2) is 21.2 Å². The average molecular weight is 290 g/mol. The zero-order valence-electron chi connectivity index (χ0n) is 10.9. The van der Waals surface area contributed by atoms with Crippen molar-refractivity contribution < 1.29 is 9.59 Å². The molecule has 0 aliphatic heterocycles. The summed E-state index contributed by atoms with van der Waals surface area (Å²) in [5, 5.41) is 4.76. The first kappa shape index (κ1) is 12.9. The standard InChI is InChI=1S/C13H14N4O2S/c1-7(18)10-6-20-13(15-10)16-12(19)11-4-8(14)5-17(11)9-2-3-9/h4-6,9H,2-3,14H2,1H3,(H,15,16,19). The van der Waals surface area contributed by atoms with Gasteiger partial charge in [0, 0.05) is 24.5 Å². The molecular weight excluding hydrogens is 276 g/mol. The number of carbonyl (C=O) groups excluding carboxylic acids is 2. The second kappa shape index (κ2) is 4.75. The molecule has 20 heavy (non-hydrogen) atoms. The predicted molar refractivity (Wildman–Crippen MR) is 77.2 cm³/mol. The highest BCUT2D eigenvalue weighted by atomic mass is 32.1. The second-order valence-electron chi connectivity index (χ2n) is 4.85. The molecule has 0 unspecified atom stereocenters. The van der Waals surface area contributed by atoms with Crippen LogP contribution in [0.2, 0.25) is 0 Å². The minimum Gasteiger partial charge on any atom is -0.397 e. The first-order valence-corrected chi connectivity index (χ1v) is 7.17. The van der Waals surface area contributed by atoms with Gasteiger partial charge in [-0.15, -0.1) is 11.3 Å². The molecule has 0 spiro atoms. The number of nitrogens with two attached hydrogens (primary N) is 1. The zero-order chi connectivity index (χ0) is 14.3. The molecule has 2 aromatic rings. The van der Waals surface area contributed by atoms with Crippen LogP contribution in [0.4, 0.5) is 10.8 Å². The molecule has 0 atom stereocenters. The lowest BCUT2D eigenvalue weighted by molar-refractivity contribution is 0.1000. The van der Waals surface area contributed by atoms with Gasteiger partial charge in [0.25, 0.3) is 5.91 Å². The lowest BCUT2D eigenvalue weighted by Crippen LogP contribution is -2.16. The molecule has 0 aromatic carbocycles. The van der Waals surface area contributed by atoms with Crippen molar-refractivity contribution in [3.8, 4) is 0 Å². The minimum atomic E-state index is -0.252. The van der Waals surface area contributed by atoms with Gasteiger partial charge in [0.2, 0.25) is 0 Å². The summed E-state index contributed by atoms with van der Waals surface area (Å²) in [6.07, 6.45) is 3.93. The number of amides is 1. The summed E-state index contributed by atoms with van der Waals surface area (Å²) in [4.78, 5) is 27.5. The number of hydrogen-bond acceptors (Lipinski definition) is 5. The SMILES string of the molecule is CC(=O)c1csc(NC(=O)c2cc(N)cn2C2CC2)n1. The quantitative estimate of drug-likeness (QED) is 0.845. The monoisotopic (exact) mass is 290 g/mol. The number of carbonyl (C=O) groups is 2. The van der Waals surface area contributed by atoms with Gasteiger partial charge in [-0.05, 0) is 18.9 Å². The van der Waals surface area contributed by atoms with Crippen molar-refractivity contribution in [2.24, 2.45) is 0 Å². The van der Waals surface area contributed by atoms with Gasteiger partial charge in [0.05, 0.1) is 5.69 Å². The first-order valence-electron chi connectivity index (χ1n) is 6.30. The van der Waals surface area contributed by atoms with Gasteiger partial charge >= 0.3 is 0 Å². The van der Waals surface area contributed by atoms with E-state index in [4.69, 9.17) is 5.73 Å². The number of Topliss-reactive ketones (excluding diaryl/α,β-unsaturated/α-hetero) is 1. The van der Waals surface area contributed by atoms with Crippen molar-refractivity contribution in [2.45, 2.75) is 25.8 Å². The van der Waals surface area contributed by atoms with Crippen LogP contribution < -0.4 is 11.1 Å². The Kier molecular flexibility index (Phi) is 3.06. The zero-order valence-corrected chi connectivity index (χ0v) is 11.7. The van der Waals surface area contributed by atoms with Crippen LogP contribution in [0, 0.1) is 0 Å². The topological polar surface area (TPSA) is 90.0 Å². The van der Waals surface area contributed by atoms with Crippen LogP contribution in [0.5, 0.6) is 0 Å². The first-order chi connectivity index (χ1) is 9.54. The van der Waals surface area contributed by atoms with Gasteiger partial charge in [-0.25, -0.2) is 4.98 Å². The molecule has 3 N–H and O–H groups in total. The molecule has 1 fully saturated rings. The van der Waals surface area contributed by atoms with E-state index in [1.165, 1.54) is 18.3 Å². The molecule has 1 aliphatic carbocycles. The Labute approximate surface area is 119 Å². The molecular formula is C13H14N4O2S. The largest absolute Gasteiger partial charge is 0.397 e. The van der Waals surface area contributed by atoms with Crippen LogP contribution in [0.25, 0.3) is 0 Å². The fourth-order valence-electron chi connectivity index (χ4n) is 1.99. The van der Waals surface area contributed by atoms with Crippen molar-refractivity contribution >= 4 is 33.8 Å². The van der Waals surface area contributed by atoms with Crippen molar-refractivity contribution in [1.29, 1.82) is 0 Å². The number of nitrogens with one attached hydrogen (secondary N) is 1. The smallest absolute Gasteiger partial charge is 0.274 e. The Morgan fingerprint density at radius 3 is 2.85 bits per heavy atom. The summed E-state index contributed by atoms with van der Waals surface area (Å²) in [6, 6.07) is 2.03. The van der Waals surface area contributed by atoms with E-state index in [0.717, 1.165) is 12.8 Å². The number of aromatic nitrogens is 2. The maximum atomic E-state index is 12.3. The number of rotatable bonds is 4. The Hall–Kier alpha value is -2.15. The normalized spacial score (nSPS) is 14.2. The highest BCUT2D eigenvalue weighted by Crippen LogP contribution is 2.37. The van der Waals surface area contributed by atoms with Crippen molar-refractivity contribution in [3.05, 3.63) is 29.0 Å². The van der Waals surface area contributed by atoms with Gasteiger partial charge < -0.3 is 10.3 Å². The molecule has 104 valence electrons. The molecule has 0 radical (unpaired) electrons. The van der Waals surface area contributed by atoms with E-state index in [9.17, 15) is 9.59 Å². The summed E-state index contributed by atoms with van der Waals surface area (Å²) in [5.41, 5.74) is 7.23. The molecule has 1 saturated carbocycles. The van der Waals surface area contributed by atoms with Crippen molar-refractivity contribution in [2.75, 3.05) is 11.1 Å². The van der Waals surface area contributed by atoms with E-state index in [-0.39, 0.29) is 11.7 Å². The Bertz CT molecular complexity index is 684. The Morgan fingerprint density at radius 2 is 2.25 bits per heavy atom. The molecule has 3 rings (SSSR count). The molecule has 2 heterocycles. The predicted octanol–water partition coefficient (Wildman–Crippen LogP) is 2.32. The lowest BCUT2D eigenvalue weighted by atomic mass is 10.3. The number of nitrogen functional groups attached to an aromatic ring is 1. The van der Waals surface area contributed by atoms with Gasteiger partial charge in [-0.2, -0.15) is 0 Å². The molecule has 6 nitrogen and oxygen atoms in total. The molecule has 0 saturated heterocycles. The van der Waals surface area contributed by atoms with Crippen LogP contribution in [0.3, 0.4) is 0 Å². The molecule has 0 bridgehead atoms. The summed E-state index contributed by atoms with van der Waals surface area (Å²) in [5.74, 6) is -0.370. The molecule has 7 heteroatoms. The van der Waals surface area contributed by atoms with Gasteiger partial charge in [-0.3, -0.25) is 14.9 Å². The number of thiazole rings is 1. The highest BCUT2D eigenvalue weighted by molar-refractivity contribution is 7.14. The number of hydrogen-bond donors (Lipinski definition) is 2. The van der Waals surface area contributed by atoms with Gasteiger partial charge in [0.15, 0.2) is 10.9 Å². The Balaban J connectivity index is 1.80. The summed E-state index contributed by atoms with van der Waals surface area (Å²) in [7, 11) is 0. The van der Waals surface area contributed by atoms with Crippen LogP contribution in [-0.2, 0) is 0 Å². The van der Waals surface area contributed by atoms with E-state index in [1.807, 2.05) is 4.57 Å². The number of anilines is 2. The summed E-state index contributed by atoms with van der Waals surface area (Å²) >= 11 is 1.23. The highest BCUT2D eigenvalue weighted by Gasteiger charge is 2.28. The van der Waals surface area contributed by atoms with E-state index in [2.05, 4.69) is 10.3 Å². The van der Waals surface area contributed by atoms with Gasteiger partial charge in [0.1, 0.15) is 11.4 Å². The summed E-state index contributed by atoms with van der Waals surface area (Å²) in [6.45, 7) is 1.44. The maximum Gasteiger partial charge on any atom is 0.274 e. The third-order valence-corrected chi connectivity index (χ3v) is 3.89. The third kappa shape index (κ3) is 2.44. The number of ketones is 1. The van der Waals surface area contributed by atoms with E-state index < -0.39 is 0 Å². The van der Waals surface area contributed by atoms with E-state index in [1.54, 1.807) is 17.6 Å². The van der Waals surface area contributed by atoms with Gasteiger partial charge in [-0.1, -0.05) is 0 Å². The summed E-state index contributed by atoms with van der Waals surface area (Å²) < 4.78 is 1.91. The lowest BCUT2D eigenvalue weighted by Gasteiger charge is -2.06. The molecule has 1 amide bonds. The van der Waals surface area contributed by atoms with E-state index >= 15 is 0 Å². The fraction of sp³-hybridized carbons (Fsp3) is 0.308. The second-order valence-corrected chi connectivity index (χ2v) is 5.70.